The van der Waals surface area contributed by atoms with Gasteiger partial charge < -0.3 is 4.48 Å². The summed E-state index contributed by atoms with van der Waals surface area (Å²) in [6, 6.07) is 1.74. The van der Waals surface area contributed by atoms with Crippen molar-refractivity contribution >= 4 is 18.9 Å². The van der Waals surface area contributed by atoms with Gasteiger partial charge in [0.2, 0.25) is 13.5 Å². The number of nitrogens with zero attached hydrogens (tertiary/aromatic N) is 3. The van der Waals surface area contributed by atoms with Crippen LogP contribution in [0, 0.1) is 6.92 Å². The highest BCUT2D eigenvalue weighted by molar-refractivity contribution is 6.07. The van der Waals surface area contributed by atoms with Gasteiger partial charge in [-0.25, -0.2) is 4.98 Å². The monoisotopic (exact) mass is 173 g/mol. The SMILES string of the molecule is Bn1c(C)nc2ccncc2c1=O. The highest BCUT2D eigenvalue weighted by Gasteiger charge is 2.02. The maximum atomic E-state index is 11.6. The van der Waals surface area contributed by atoms with Crippen molar-refractivity contribution in [3.8, 4) is 0 Å². The molecule has 2 rings (SSSR count). The van der Waals surface area contributed by atoms with E-state index < -0.39 is 0 Å². The van der Waals surface area contributed by atoms with Gasteiger partial charge in [-0.05, 0) is 13.0 Å². The topological polar surface area (TPSA) is 47.8 Å². The van der Waals surface area contributed by atoms with E-state index in [4.69, 9.17) is 0 Å². The van der Waals surface area contributed by atoms with Gasteiger partial charge in [0.15, 0.2) is 0 Å². The minimum Gasteiger partial charge on any atom is -0.350 e. The first-order valence-corrected chi connectivity index (χ1v) is 3.97. The Bertz CT molecular complexity index is 520. The molecule has 0 atom stereocenters. The summed E-state index contributed by atoms with van der Waals surface area (Å²) >= 11 is 0. The number of aromatic nitrogens is 3. The second-order valence-corrected chi connectivity index (χ2v) is 2.92. The van der Waals surface area contributed by atoms with E-state index in [0.717, 1.165) is 0 Å². The van der Waals surface area contributed by atoms with Crippen LogP contribution in [0.4, 0.5) is 0 Å². The van der Waals surface area contributed by atoms with E-state index in [1.807, 2.05) is 0 Å². The lowest BCUT2D eigenvalue weighted by atomic mass is 10.2. The molecule has 0 bridgehead atoms. The lowest BCUT2D eigenvalue weighted by Gasteiger charge is -2.03. The Balaban J connectivity index is 3.03. The molecule has 4 nitrogen and oxygen atoms in total. The first-order chi connectivity index (χ1) is 6.20. The van der Waals surface area contributed by atoms with Gasteiger partial charge in [0.25, 0.3) is 0 Å². The van der Waals surface area contributed by atoms with E-state index >= 15 is 0 Å². The summed E-state index contributed by atoms with van der Waals surface area (Å²) < 4.78 is 1.52. The first kappa shape index (κ1) is 7.98. The molecule has 0 amide bonds. The third-order valence-electron chi connectivity index (χ3n) is 2.10. The molecule has 0 saturated carbocycles. The first-order valence-electron chi connectivity index (χ1n) is 3.97. The minimum atomic E-state index is -0.0457. The van der Waals surface area contributed by atoms with E-state index in [9.17, 15) is 4.79 Å². The molecule has 0 saturated heterocycles. The Morgan fingerprint density at radius 1 is 1.54 bits per heavy atom. The predicted octanol–water partition coefficient (Wildman–Crippen LogP) is -0.504. The molecule has 5 heteroatoms. The molecule has 2 aromatic heterocycles. The normalized spacial score (nSPS) is 10.5. The van der Waals surface area contributed by atoms with Crippen molar-refractivity contribution in [1.82, 2.24) is 14.4 Å². The summed E-state index contributed by atoms with van der Waals surface area (Å²) in [5.41, 5.74) is 0.659. The fraction of sp³-hybridized carbons (Fsp3) is 0.125. The van der Waals surface area contributed by atoms with Gasteiger partial charge in [-0.2, -0.15) is 0 Å². The van der Waals surface area contributed by atoms with E-state index in [1.54, 1.807) is 33.4 Å². The van der Waals surface area contributed by atoms with E-state index in [-0.39, 0.29) is 5.56 Å². The van der Waals surface area contributed by atoms with Crippen molar-refractivity contribution in [2.24, 2.45) is 0 Å². The molecule has 0 aliphatic heterocycles. The lowest BCUT2D eigenvalue weighted by molar-refractivity contribution is 0.983. The van der Waals surface area contributed by atoms with Crippen molar-refractivity contribution < 1.29 is 0 Å². The van der Waals surface area contributed by atoms with Gasteiger partial charge in [0, 0.05) is 12.4 Å². The average molecular weight is 173 g/mol. The van der Waals surface area contributed by atoms with Crippen LogP contribution in [0.1, 0.15) is 5.82 Å². The van der Waals surface area contributed by atoms with Gasteiger partial charge in [-0.15, -0.1) is 0 Å². The second-order valence-electron chi connectivity index (χ2n) is 2.92. The average Bonchev–Trinajstić information content (AvgIpc) is 2.15. The summed E-state index contributed by atoms with van der Waals surface area (Å²) in [5, 5.41) is 0.565. The highest BCUT2D eigenvalue weighted by atomic mass is 16.1. The Hall–Kier alpha value is -1.65. The number of hydrogen-bond donors (Lipinski definition) is 0. The van der Waals surface area contributed by atoms with Crippen LogP contribution in [0.5, 0.6) is 0 Å². The van der Waals surface area contributed by atoms with Crippen LogP contribution in [0.25, 0.3) is 10.9 Å². The van der Waals surface area contributed by atoms with Crippen molar-refractivity contribution in [3.63, 3.8) is 0 Å². The van der Waals surface area contributed by atoms with Crippen LogP contribution >= 0.6 is 0 Å². The van der Waals surface area contributed by atoms with Crippen LogP contribution in [-0.2, 0) is 0 Å². The standard InChI is InChI=1S/C8H8BN3O/c1-5-11-7-2-3-10-4-6(7)8(13)12(5)9/h2-4H,9H2,1H3. The zero-order valence-electron chi connectivity index (χ0n) is 7.48. The van der Waals surface area contributed by atoms with Crippen LogP contribution in [0.2, 0.25) is 0 Å². The van der Waals surface area contributed by atoms with Crippen LogP contribution in [-0.4, -0.2) is 22.4 Å². The summed E-state index contributed by atoms with van der Waals surface area (Å²) in [7, 11) is 1.71. The Labute approximate surface area is 75.7 Å². The van der Waals surface area contributed by atoms with Gasteiger partial charge in [0.05, 0.1) is 16.7 Å². The number of hydrogen-bond acceptors (Lipinski definition) is 3. The van der Waals surface area contributed by atoms with Gasteiger partial charge in [-0.1, -0.05) is 0 Å². The third-order valence-corrected chi connectivity index (χ3v) is 2.10. The zero-order valence-corrected chi connectivity index (χ0v) is 7.48. The molecule has 13 heavy (non-hydrogen) atoms. The molecule has 0 spiro atoms. The zero-order chi connectivity index (χ0) is 9.42. The van der Waals surface area contributed by atoms with Crippen LogP contribution < -0.4 is 5.56 Å². The maximum absolute atomic E-state index is 11.6. The van der Waals surface area contributed by atoms with E-state index in [1.165, 1.54) is 4.48 Å². The summed E-state index contributed by atoms with van der Waals surface area (Å²) in [6.45, 7) is 1.81. The van der Waals surface area contributed by atoms with E-state index in [0.29, 0.717) is 16.7 Å². The van der Waals surface area contributed by atoms with Crippen LogP contribution in [0.3, 0.4) is 0 Å². The Morgan fingerprint density at radius 2 is 2.31 bits per heavy atom. The second kappa shape index (κ2) is 2.69. The minimum absolute atomic E-state index is 0.0457. The van der Waals surface area contributed by atoms with Gasteiger partial charge in [0.1, 0.15) is 0 Å². The predicted molar refractivity (Wildman–Crippen MR) is 52.5 cm³/mol. The summed E-state index contributed by atoms with van der Waals surface area (Å²) in [5.74, 6) is 0.712. The molecular formula is C8H8BN3O. The number of fused-ring (bicyclic) bond motifs is 1. The molecule has 2 heterocycles. The van der Waals surface area contributed by atoms with E-state index in [2.05, 4.69) is 9.97 Å². The van der Waals surface area contributed by atoms with Crippen molar-refractivity contribution in [2.45, 2.75) is 6.92 Å². The molecule has 0 radical (unpaired) electrons. The molecule has 0 fully saturated rings. The highest BCUT2D eigenvalue weighted by Crippen LogP contribution is 2.03. The fourth-order valence-corrected chi connectivity index (χ4v) is 1.23. The Morgan fingerprint density at radius 3 is 3.08 bits per heavy atom. The molecule has 0 aromatic carbocycles. The Kier molecular flexibility index (Phi) is 1.65. The fourth-order valence-electron chi connectivity index (χ4n) is 1.23. The smallest absolute Gasteiger partial charge is 0.250 e. The maximum Gasteiger partial charge on any atom is 0.250 e. The molecule has 0 aliphatic rings. The third kappa shape index (κ3) is 1.12. The molecule has 2 aromatic rings. The molecule has 0 aliphatic carbocycles. The lowest BCUT2D eigenvalue weighted by Crippen LogP contribution is -2.22. The van der Waals surface area contributed by atoms with Gasteiger partial charge in [-0.3, -0.25) is 9.78 Å². The van der Waals surface area contributed by atoms with Gasteiger partial charge >= 0.3 is 0 Å². The summed E-state index contributed by atoms with van der Waals surface area (Å²) in [4.78, 5) is 19.8. The van der Waals surface area contributed by atoms with Crippen molar-refractivity contribution in [3.05, 3.63) is 34.6 Å². The molecule has 0 N–H and O–H groups in total. The molecule has 64 valence electrons. The van der Waals surface area contributed by atoms with Crippen molar-refractivity contribution in [2.75, 3.05) is 0 Å². The van der Waals surface area contributed by atoms with Crippen molar-refractivity contribution in [1.29, 1.82) is 0 Å². The number of pyridine rings is 1. The largest absolute Gasteiger partial charge is 0.350 e. The molecular weight excluding hydrogens is 165 g/mol. The quantitative estimate of drug-likeness (QED) is 0.504. The molecule has 0 unspecified atom stereocenters. The van der Waals surface area contributed by atoms with Crippen LogP contribution in [0.15, 0.2) is 23.3 Å². The number of aryl methyl sites for hydroxylation is 1. The number of rotatable bonds is 0. The summed E-state index contributed by atoms with van der Waals surface area (Å²) in [6.07, 6.45) is 3.18.